The van der Waals surface area contributed by atoms with Gasteiger partial charge in [-0.2, -0.15) is 0 Å². The molecule has 0 aliphatic heterocycles. The average Bonchev–Trinajstić information content (AvgIpc) is 3.41. The van der Waals surface area contributed by atoms with Crippen molar-refractivity contribution < 1.29 is 18.8 Å². The van der Waals surface area contributed by atoms with Gasteiger partial charge in [0.25, 0.3) is 5.91 Å². The molecular formula is C27H24ClN3O4. The Kier molecular flexibility index (Phi) is 7.17. The summed E-state index contributed by atoms with van der Waals surface area (Å²) >= 11 is 6.27. The molecule has 8 heteroatoms. The van der Waals surface area contributed by atoms with Crippen molar-refractivity contribution in [1.29, 1.82) is 0 Å². The van der Waals surface area contributed by atoms with E-state index in [0.717, 1.165) is 22.4 Å². The summed E-state index contributed by atoms with van der Waals surface area (Å²) in [5, 5.41) is 10.3. The van der Waals surface area contributed by atoms with Crippen LogP contribution < -0.4 is 10.6 Å². The van der Waals surface area contributed by atoms with Crippen LogP contribution in [0.4, 0.5) is 11.4 Å². The summed E-state index contributed by atoms with van der Waals surface area (Å²) in [7, 11) is 1.33. The maximum atomic E-state index is 12.5. The van der Waals surface area contributed by atoms with E-state index in [2.05, 4.69) is 15.8 Å². The second-order valence-corrected chi connectivity index (χ2v) is 8.38. The van der Waals surface area contributed by atoms with Crippen molar-refractivity contribution in [2.24, 2.45) is 0 Å². The Morgan fingerprint density at radius 3 is 2.46 bits per heavy atom. The van der Waals surface area contributed by atoms with Gasteiger partial charge in [0.15, 0.2) is 0 Å². The predicted octanol–water partition coefficient (Wildman–Crippen LogP) is 6.52. The fourth-order valence-corrected chi connectivity index (χ4v) is 4.06. The van der Waals surface area contributed by atoms with Crippen molar-refractivity contribution in [1.82, 2.24) is 5.16 Å². The maximum Gasteiger partial charge on any atom is 0.340 e. The monoisotopic (exact) mass is 489 g/mol. The summed E-state index contributed by atoms with van der Waals surface area (Å²) in [6.45, 7) is 3.95. The molecule has 1 aromatic heterocycles. The molecule has 35 heavy (non-hydrogen) atoms. The molecule has 7 nitrogen and oxygen atoms in total. The highest BCUT2D eigenvalue weighted by Crippen LogP contribution is 2.33. The number of anilines is 2. The lowest BCUT2D eigenvalue weighted by Gasteiger charge is -2.20. The molecule has 3 aromatic carbocycles. The molecule has 0 bridgehead atoms. The second kappa shape index (κ2) is 10.4. The molecule has 178 valence electrons. The third kappa shape index (κ3) is 5.20. The van der Waals surface area contributed by atoms with E-state index in [1.54, 1.807) is 12.1 Å². The topological polar surface area (TPSA) is 93.5 Å². The molecule has 0 radical (unpaired) electrons. The summed E-state index contributed by atoms with van der Waals surface area (Å²) in [4.78, 5) is 24.8. The van der Waals surface area contributed by atoms with Gasteiger partial charge in [0.05, 0.1) is 35.3 Å². The van der Waals surface area contributed by atoms with E-state index < -0.39 is 5.97 Å². The van der Waals surface area contributed by atoms with E-state index in [4.69, 9.17) is 20.9 Å². The first-order valence-electron chi connectivity index (χ1n) is 10.9. The number of amides is 1. The summed E-state index contributed by atoms with van der Waals surface area (Å²) in [6.07, 6.45) is 1.43. The summed E-state index contributed by atoms with van der Waals surface area (Å²) in [5.41, 5.74) is 5.25. The Labute approximate surface area is 208 Å². The Bertz CT molecular complexity index is 1350. The molecule has 0 fully saturated rings. The zero-order valence-corrected chi connectivity index (χ0v) is 20.2. The Morgan fingerprint density at radius 2 is 1.77 bits per heavy atom. The number of rotatable bonds is 7. The first kappa shape index (κ1) is 24.0. The van der Waals surface area contributed by atoms with Crippen LogP contribution in [-0.2, 0) is 4.74 Å². The van der Waals surface area contributed by atoms with Gasteiger partial charge in [0.1, 0.15) is 0 Å². The van der Waals surface area contributed by atoms with Gasteiger partial charge in [0, 0.05) is 12.1 Å². The van der Waals surface area contributed by atoms with Crippen LogP contribution in [0, 0.1) is 6.92 Å². The highest BCUT2D eigenvalue weighted by molar-refractivity contribution is 6.34. The van der Waals surface area contributed by atoms with E-state index in [9.17, 15) is 9.59 Å². The number of carbonyl (C=O) groups excluding carboxylic acids is 2. The van der Waals surface area contributed by atoms with Crippen LogP contribution in [0.3, 0.4) is 0 Å². The summed E-state index contributed by atoms with van der Waals surface area (Å²) < 4.78 is 9.87. The van der Waals surface area contributed by atoms with Crippen molar-refractivity contribution in [3.05, 3.63) is 100 Å². The highest BCUT2D eigenvalue weighted by Gasteiger charge is 2.18. The van der Waals surface area contributed by atoms with E-state index in [-0.39, 0.29) is 17.7 Å². The number of esters is 1. The standard InChI is InChI=1S/C27H24ClN3O4/c1-16-6-4-9-22(25(16)31-26(32)23-14-15-29-35-23)30-17(2)18-10-12-19(13-11-18)20-7-5-8-21(28)24(20)27(33)34-3/h4-15,17,30H,1-3H3,(H,31,32). The number of ether oxygens (including phenoxy) is 1. The third-order valence-electron chi connectivity index (χ3n) is 5.67. The van der Waals surface area contributed by atoms with Gasteiger partial charge in [-0.25, -0.2) is 4.79 Å². The zero-order valence-electron chi connectivity index (χ0n) is 19.5. The highest BCUT2D eigenvalue weighted by atomic mass is 35.5. The van der Waals surface area contributed by atoms with Gasteiger partial charge in [-0.3, -0.25) is 4.79 Å². The van der Waals surface area contributed by atoms with Crippen molar-refractivity contribution in [2.45, 2.75) is 19.9 Å². The fourth-order valence-electron chi connectivity index (χ4n) is 3.80. The first-order chi connectivity index (χ1) is 16.9. The van der Waals surface area contributed by atoms with Gasteiger partial charge in [-0.1, -0.05) is 65.3 Å². The maximum absolute atomic E-state index is 12.5. The van der Waals surface area contributed by atoms with Gasteiger partial charge < -0.3 is 19.9 Å². The van der Waals surface area contributed by atoms with Crippen molar-refractivity contribution >= 4 is 34.9 Å². The summed E-state index contributed by atoms with van der Waals surface area (Å²) in [5.74, 6) is -0.723. The number of methoxy groups -OCH3 is 1. The lowest BCUT2D eigenvalue weighted by Crippen LogP contribution is -2.15. The smallest absolute Gasteiger partial charge is 0.340 e. The zero-order chi connectivity index (χ0) is 24.9. The molecule has 4 aromatic rings. The molecule has 0 aliphatic rings. The number of hydrogen-bond acceptors (Lipinski definition) is 6. The molecular weight excluding hydrogens is 466 g/mol. The van der Waals surface area contributed by atoms with Crippen LogP contribution in [0.15, 0.2) is 77.4 Å². The minimum absolute atomic E-state index is 0.0776. The fraction of sp³-hybridized carbons (Fsp3) is 0.148. The van der Waals surface area contributed by atoms with Crippen molar-refractivity contribution in [3.63, 3.8) is 0 Å². The van der Waals surface area contributed by atoms with Gasteiger partial charge in [-0.15, -0.1) is 0 Å². The Morgan fingerprint density at radius 1 is 1.03 bits per heavy atom. The molecule has 1 unspecified atom stereocenters. The van der Waals surface area contributed by atoms with E-state index in [1.807, 2.05) is 62.4 Å². The van der Waals surface area contributed by atoms with Crippen LogP contribution in [0.25, 0.3) is 11.1 Å². The van der Waals surface area contributed by atoms with Gasteiger partial charge in [-0.05, 0) is 48.2 Å². The molecule has 0 saturated carbocycles. The molecule has 0 saturated heterocycles. The summed E-state index contributed by atoms with van der Waals surface area (Å²) in [6, 6.07) is 20.3. The lowest BCUT2D eigenvalue weighted by molar-refractivity contribution is 0.0601. The molecule has 0 spiro atoms. The van der Waals surface area contributed by atoms with Crippen molar-refractivity contribution in [2.75, 3.05) is 17.7 Å². The van der Waals surface area contributed by atoms with E-state index >= 15 is 0 Å². The molecule has 4 rings (SSSR count). The number of nitrogens with one attached hydrogen (secondary N) is 2. The number of aromatic nitrogens is 1. The van der Waals surface area contributed by atoms with Crippen LogP contribution in [0.1, 0.15) is 45.0 Å². The molecule has 1 atom stereocenters. The quantitative estimate of drug-likeness (QED) is 0.287. The molecule has 1 heterocycles. The minimum Gasteiger partial charge on any atom is -0.465 e. The van der Waals surface area contributed by atoms with E-state index in [0.29, 0.717) is 21.8 Å². The molecule has 1 amide bonds. The number of aryl methyl sites for hydroxylation is 1. The first-order valence-corrected chi connectivity index (χ1v) is 11.3. The van der Waals surface area contributed by atoms with Gasteiger partial charge >= 0.3 is 5.97 Å². The number of para-hydroxylation sites is 1. The molecule has 0 aliphatic carbocycles. The van der Waals surface area contributed by atoms with Crippen LogP contribution in [0.5, 0.6) is 0 Å². The average molecular weight is 490 g/mol. The Hall–Kier alpha value is -4.10. The molecule has 2 N–H and O–H groups in total. The number of hydrogen-bond donors (Lipinski definition) is 2. The normalized spacial score (nSPS) is 11.5. The van der Waals surface area contributed by atoms with Crippen LogP contribution >= 0.6 is 11.6 Å². The number of halogens is 1. The largest absolute Gasteiger partial charge is 0.465 e. The Balaban J connectivity index is 1.56. The van der Waals surface area contributed by atoms with Crippen LogP contribution in [-0.4, -0.2) is 24.1 Å². The predicted molar refractivity (Wildman–Crippen MR) is 136 cm³/mol. The lowest BCUT2D eigenvalue weighted by atomic mass is 9.97. The van der Waals surface area contributed by atoms with Crippen LogP contribution in [0.2, 0.25) is 5.02 Å². The number of nitrogens with zero attached hydrogens (tertiary/aromatic N) is 1. The minimum atomic E-state index is -0.482. The third-order valence-corrected chi connectivity index (χ3v) is 5.98. The van der Waals surface area contributed by atoms with Crippen molar-refractivity contribution in [3.8, 4) is 11.1 Å². The van der Waals surface area contributed by atoms with Gasteiger partial charge in [0.2, 0.25) is 5.76 Å². The number of benzene rings is 3. The van der Waals surface area contributed by atoms with E-state index in [1.165, 1.54) is 19.4 Å². The second-order valence-electron chi connectivity index (χ2n) is 7.97. The SMILES string of the molecule is COC(=O)c1c(Cl)cccc1-c1ccc(C(C)Nc2cccc(C)c2NC(=O)c2ccno2)cc1. The number of carbonyl (C=O) groups is 2.